The number of nitrogens with zero attached hydrogens (tertiary/aromatic N) is 3. The first-order valence-electron chi connectivity index (χ1n) is 12.6. The van der Waals surface area contributed by atoms with Gasteiger partial charge in [-0.25, -0.2) is 0 Å². The minimum absolute atomic E-state index is 0.123. The Hall–Kier alpha value is -3.39. The van der Waals surface area contributed by atoms with Gasteiger partial charge in [-0.15, -0.1) is 0 Å². The van der Waals surface area contributed by atoms with Crippen molar-refractivity contribution < 1.29 is 19.1 Å². The van der Waals surface area contributed by atoms with Crippen LogP contribution in [0.1, 0.15) is 48.5 Å². The summed E-state index contributed by atoms with van der Waals surface area (Å²) in [7, 11) is 0. The maximum absolute atomic E-state index is 13.2. The predicted molar refractivity (Wildman–Crippen MR) is 133 cm³/mol. The van der Waals surface area contributed by atoms with E-state index in [9.17, 15) is 9.59 Å². The third-order valence-corrected chi connectivity index (χ3v) is 7.48. The Morgan fingerprint density at radius 1 is 1.06 bits per heavy atom. The van der Waals surface area contributed by atoms with Gasteiger partial charge < -0.3 is 24.5 Å². The maximum Gasteiger partial charge on any atom is 0.255 e. The van der Waals surface area contributed by atoms with E-state index in [1.807, 2.05) is 18.2 Å². The van der Waals surface area contributed by atoms with Gasteiger partial charge in [0.15, 0.2) is 0 Å². The molecule has 4 bridgehead atoms. The fourth-order valence-electron chi connectivity index (χ4n) is 5.51. The Bertz CT molecular complexity index is 1250. The fourth-order valence-corrected chi connectivity index (χ4v) is 5.51. The molecule has 1 aromatic heterocycles. The van der Waals surface area contributed by atoms with Crippen LogP contribution in [0, 0.1) is 5.92 Å². The summed E-state index contributed by atoms with van der Waals surface area (Å²) in [4.78, 5) is 26.6. The molecule has 2 fully saturated rings. The van der Waals surface area contributed by atoms with Gasteiger partial charge in [-0.2, -0.15) is 5.10 Å². The molecule has 6 rings (SSSR count). The van der Waals surface area contributed by atoms with E-state index in [4.69, 9.17) is 14.6 Å². The number of ether oxygens (including phenoxy) is 2. The Balaban J connectivity index is 1.36. The van der Waals surface area contributed by atoms with E-state index in [-0.39, 0.29) is 17.9 Å². The van der Waals surface area contributed by atoms with Gasteiger partial charge in [0, 0.05) is 36.2 Å². The van der Waals surface area contributed by atoms with E-state index in [1.54, 1.807) is 12.1 Å². The molecule has 182 valence electrons. The van der Waals surface area contributed by atoms with Crippen LogP contribution >= 0.6 is 0 Å². The van der Waals surface area contributed by atoms with Crippen LogP contribution in [0.3, 0.4) is 0 Å². The molecule has 8 nitrogen and oxygen atoms in total. The number of rotatable bonds is 2. The van der Waals surface area contributed by atoms with Crippen LogP contribution in [0.25, 0.3) is 10.9 Å². The van der Waals surface area contributed by atoms with Crippen LogP contribution in [-0.2, 0) is 9.53 Å². The Labute approximate surface area is 204 Å². The molecular formula is C27H30N4O4. The first-order valence-corrected chi connectivity index (χ1v) is 12.6. The van der Waals surface area contributed by atoms with Crippen molar-refractivity contribution in [2.75, 3.05) is 36.5 Å². The van der Waals surface area contributed by atoms with Crippen molar-refractivity contribution in [2.45, 2.75) is 44.2 Å². The van der Waals surface area contributed by atoms with Gasteiger partial charge >= 0.3 is 0 Å². The number of anilines is 2. The number of fused-ring (bicyclic) bond motifs is 7. The Morgan fingerprint density at radius 3 is 2.80 bits per heavy atom. The molecule has 1 aliphatic carbocycles. The minimum atomic E-state index is -0.167. The summed E-state index contributed by atoms with van der Waals surface area (Å²) in [6, 6.07) is 11.7. The second-order valence-corrected chi connectivity index (χ2v) is 9.80. The van der Waals surface area contributed by atoms with Crippen LogP contribution in [-0.4, -0.2) is 54.4 Å². The zero-order valence-electron chi connectivity index (χ0n) is 19.7. The van der Waals surface area contributed by atoms with E-state index < -0.39 is 0 Å². The van der Waals surface area contributed by atoms with Crippen molar-refractivity contribution in [3.05, 3.63) is 48.2 Å². The zero-order valence-corrected chi connectivity index (χ0v) is 19.7. The largest absolute Gasteiger partial charge is 0.491 e. The molecule has 1 N–H and O–H groups in total. The number of aromatic nitrogens is 2. The molecule has 1 amide bonds. The monoisotopic (exact) mass is 474 g/mol. The molecule has 0 unspecified atom stereocenters. The number of amides is 1. The number of carbonyl (C=O) groups is 2. The summed E-state index contributed by atoms with van der Waals surface area (Å²) < 4.78 is 13.9. The molecule has 3 heterocycles. The lowest BCUT2D eigenvalue weighted by Gasteiger charge is -2.25. The first-order chi connectivity index (χ1) is 17.2. The lowest BCUT2D eigenvalue weighted by atomic mass is 9.87. The number of carbonyl (C=O) groups excluding carboxylic acids is 2. The van der Waals surface area contributed by atoms with E-state index in [0.29, 0.717) is 30.6 Å². The average Bonchev–Trinajstić information content (AvgIpc) is 3.53. The molecule has 0 spiro atoms. The summed E-state index contributed by atoms with van der Waals surface area (Å²) in [5.74, 6) is 0.669. The van der Waals surface area contributed by atoms with Gasteiger partial charge in [-0.3, -0.25) is 9.48 Å². The second kappa shape index (κ2) is 9.34. The lowest BCUT2D eigenvalue weighted by Crippen LogP contribution is -2.26. The number of aldehydes is 1. The molecule has 1 atom stereocenters. The van der Waals surface area contributed by atoms with E-state index in [0.717, 1.165) is 73.8 Å². The van der Waals surface area contributed by atoms with E-state index >= 15 is 0 Å². The normalized spacial score (nSPS) is 24.9. The highest BCUT2D eigenvalue weighted by Gasteiger charge is 2.27. The van der Waals surface area contributed by atoms with Crippen LogP contribution in [0.5, 0.6) is 5.75 Å². The maximum atomic E-state index is 13.2. The van der Waals surface area contributed by atoms with Gasteiger partial charge in [0.1, 0.15) is 18.6 Å². The fraction of sp³-hybridized carbons (Fsp3) is 0.444. The first kappa shape index (κ1) is 22.1. The topological polar surface area (TPSA) is 85.7 Å². The third-order valence-electron chi connectivity index (χ3n) is 7.48. The summed E-state index contributed by atoms with van der Waals surface area (Å²) in [5, 5.41) is 9.05. The van der Waals surface area contributed by atoms with Crippen LogP contribution in [0.4, 0.5) is 11.4 Å². The van der Waals surface area contributed by atoms with Gasteiger partial charge in [-0.05, 0) is 62.4 Å². The molecular weight excluding hydrogens is 444 g/mol. The standard InChI is InChI=1S/C27H30N4O4/c32-17-18-4-6-21(7-5-18)31-15-20-13-25-26(14-24(20)29-31)30-9-8-23(16-30)35-11-10-34-22-3-1-2-19(12-22)27(33)28-25/h1-3,12-15,17-18,21,23H,4-11,16H2,(H,28,33)/t18?,21?,23-/m1/s1. The van der Waals surface area contributed by atoms with Crippen LogP contribution in [0.15, 0.2) is 42.6 Å². The highest BCUT2D eigenvalue weighted by atomic mass is 16.5. The van der Waals surface area contributed by atoms with Crippen molar-refractivity contribution in [3.63, 3.8) is 0 Å². The molecule has 3 aromatic rings. The number of hydrogen-bond donors (Lipinski definition) is 1. The Kier molecular flexibility index (Phi) is 5.90. The number of nitrogens with one attached hydrogen (secondary N) is 1. The smallest absolute Gasteiger partial charge is 0.255 e. The minimum Gasteiger partial charge on any atom is -0.491 e. The highest BCUT2D eigenvalue weighted by molar-refractivity contribution is 6.07. The molecule has 1 saturated heterocycles. The molecule has 1 saturated carbocycles. The van der Waals surface area contributed by atoms with Crippen LogP contribution in [0.2, 0.25) is 0 Å². The van der Waals surface area contributed by atoms with Gasteiger partial charge in [-0.1, -0.05) is 6.07 Å². The van der Waals surface area contributed by atoms with Gasteiger partial charge in [0.05, 0.1) is 35.6 Å². The molecule has 0 radical (unpaired) electrons. The molecule has 2 aliphatic heterocycles. The molecule has 8 heteroatoms. The van der Waals surface area contributed by atoms with Crippen molar-refractivity contribution in [1.29, 1.82) is 0 Å². The van der Waals surface area contributed by atoms with E-state index in [2.05, 4.69) is 27.2 Å². The summed E-state index contributed by atoms with van der Waals surface area (Å²) >= 11 is 0. The molecule has 2 aromatic carbocycles. The summed E-state index contributed by atoms with van der Waals surface area (Å²) in [6.45, 7) is 2.57. The zero-order chi connectivity index (χ0) is 23.8. The lowest BCUT2D eigenvalue weighted by molar-refractivity contribution is -0.112. The average molecular weight is 475 g/mol. The quantitative estimate of drug-likeness (QED) is 0.560. The summed E-state index contributed by atoms with van der Waals surface area (Å²) in [6.07, 6.45) is 7.94. The SMILES string of the molecule is O=CC1CCC(n2cc3cc4c(cc3n2)N2CC[C@H](C2)OCCOc2cccc(c2)C(=O)N4)CC1. The van der Waals surface area contributed by atoms with Crippen LogP contribution < -0.4 is 15.0 Å². The number of benzene rings is 2. The van der Waals surface area contributed by atoms with Crippen molar-refractivity contribution >= 4 is 34.5 Å². The highest BCUT2D eigenvalue weighted by Crippen LogP contribution is 2.36. The second-order valence-electron chi connectivity index (χ2n) is 9.80. The van der Waals surface area contributed by atoms with E-state index in [1.165, 1.54) is 0 Å². The third kappa shape index (κ3) is 4.50. The van der Waals surface area contributed by atoms with Gasteiger partial charge in [0.25, 0.3) is 5.91 Å². The van der Waals surface area contributed by atoms with Crippen molar-refractivity contribution in [3.8, 4) is 5.75 Å². The number of hydrogen-bond acceptors (Lipinski definition) is 6. The van der Waals surface area contributed by atoms with Crippen molar-refractivity contribution in [2.24, 2.45) is 5.92 Å². The summed E-state index contributed by atoms with van der Waals surface area (Å²) in [5.41, 5.74) is 3.21. The van der Waals surface area contributed by atoms with Gasteiger partial charge in [0.2, 0.25) is 0 Å². The molecule has 35 heavy (non-hydrogen) atoms. The van der Waals surface area contributed by atoms with Crippen molar-refractivity contribution in [1.82, 2.24) is 9.78 Å². The molecule has 3 aliphatic rings. The Morgan fingerprint density at radius 2 is 1.94 bits per heavy atom. The predicted octanol–water partition coefficient (Wildman–Crippen LogP) is 4.21.